The molecule has 2 aromatic carbocycles. The number of amides is 1. The molecule has 1 heterocycles. The summed E-state index contributed by atoms with van der Waals surface area (Å²) in [5.41, 5.74) is 1.81. The SMILES string of the molecule is CC(c1nc2ccccc2s1)N(C)CC(=O)Nc1ccc(Br)cc1. The van der Waals surface area contributed by atoms with E-state index in [-0.39, 0.29) is 11.9 Å². The highest BCUT2D eigenvalue weighted by Gasteiger charge is 2.18. The number of thiazole rings is 1. The van der Waals surface area contributed by atoms with Gasteiger partial charge in [-0.05, 0) is 50.4 Å². The van der Waals surface area contributed by atoms with E-state index in [4.69, 9.17) is 0 Å². The Morgan fingerprint density at radius 1 is 1.25 bits per heavy atom. The molecule has 1 amide bonds. The van der Waals surface area contributed by atoms with E-state index in [1.54, 1.807) is 11.3 Å². The first-order chi connectivity index (χ1) is 11.5. The highest BCUT2D eigenvalue weighted by atomic mass is 79.9. The van der Waals surface area contributed by atoms with E-state index < -0.39 is 0 Å². The molecule has 0 aliphatic carbocycles. The molecule has 0 spiro atoms. The zero-order chi connectivity index (χ0) is 17.1. The average molecular weight is 404 g/mol. The van der Waals surface area contributed by atoms with Crippen molar-refractivity contribution in [1.29, 1.82) is 0 Å². The summed E-state index contributed by atoms with van der Waals surface area (Å²) in [5, 5.41) is 3.94. The minimum atomic E-state index is -0.0345. The first-order valence-corrected chi connectivity index (χ1v) is 9.25. The van der Waals surface area contributed by atoms with E-state index in [1.165, 1.54) is 4.70 Å². The van der Waals surface area contributed by atoms with Gasteiger partial charge in [0.1, 0.15) is 5.01 Å². The number of aromatic nitrogens is 1. The van der Waals surface area contributed by atoms with Gasteiger partial charge in [-0.2, -0.15) is 0 Å². The summed E-state index contributed by atoms with van der Waals surface area (Å²) in [6.07, 6.45) is 0. The van der Waals surface area contributed by atoms with Crippen molar-refractivity contribution >= 4 is 49.1 Å². The first-order valence-electron chi connectivity index (χ1n) is 7.64. The summed E-state index contributed by atoms with van der Waals surface area (Å²) in [7, 11) is 1.94. The molecule has 0 radical (unpaired) electrons. The first kappa shape index (κ1) is 17.1. The Hall–Kier alpha value is -1.76. The van der Waals surface area contributed by atoms with E-state index >= 15 is 0 Å². The van der Waals surface area contributed by atoms with Crippen molar-refractivity contribution < 1.29 is 4.79 Å². The van der Waals surface area contributed by atoms with Gasteiger partial charge in [0, 0.05) is 10.2 Å². The highest BCUT2D eigenvalue weighted by Crippen LogP contribution is 2.28. The number of nitrogens with zero attached hydrogens (tertiary/aromatic N) is 2. The second kappa shape index (κ2) is 7.42. The number of hydrogen-bond donors (Lipinski definition) is 1. The number of fused-ring (bicyclic) bond motifs is 1. The van der Waals surface area contributed by atoms with Gasteiger partial charge in [-0.3, -0.25) is 9.69 Å². The molecule has 4 nitrogen and oxygen atoms in total. The van der Waals surface area contributed by atoms with Crippen LogP contribution in [0, 0.1) is 0 Å². The van der Waals surface area contributed by atoms with E-state index in [9.17, 15) is 4.79 Å². The fourth-order valence-corrected chi connectivity index (χ4v) is 3.70. The fraction of sp³-hybridized carbons (Fsp3) is 0.222. The number of anilines is 1. The maximum atomic E-state index is 12.2. The van der Waals surface area contributed by atoms with Gasteiger partial charge in [-0.15, -0.1) is 11.3 Å². The lowest BCUT2D eigenvalue weighted by Gasteiger charge is -2.22. The molecule has 3 aromatic rings. The number of halogens is 1. The minimum Gasteiger partial charge on any atom is -0.325 e. The monoisotopic (exact) mass is 403 g/mol. The molecule has 124 valence electrons. The summed E-state index contributed by atoms with van der Waals surface area (Å²) in [6, 6.07) is 15.7. The van der Waals surface area contributed by atoms with Crippen LogP contribution in [0.3, 0.4) is 0 Å². The Morgan fingerprint density at radius 2 is 1.96 bits per heavy atom. The van der Waals surface area contributed by atoms with Crippen molar-refractivity contribution in [3.05, 3.63) is 58.0 Å². The normalized spacial score (nSPS) is 12.5. The molecule has 0 fully saturated rings. The van der Waals surface area contributed by atoms with Crippen LogP contribution in [-0.4, -0.2) is 29.4 Å². The summed E-state index contributed by atoms with van der Waals surface area (Å²) in [5.74, 6) is -0.0345. The summed E-state index contributed by atoms with van der Waals surface area (Å²) in [4.78, 5) is 18.9. The topological polar surface area (TPSA) is 45.2 Å². The predicted octanol–water partition coefficient (Wildman–Crippen LogP) is 4.69. The van der Waals surface area contributed by atoms with Crippen LogP contribution in [0.1, 0.15) is 18.0 Å². The van der Waals surface area contributed by atoms with Crippen molar-refractivity contribution in [2.24, 2.45) is 0 Å². The quantitative estimate of drug-likeness (QED) is 0.671. The Labute approximate surface area is 153 Å². The standard InChI is InChI=1S/C18H18BrN3OS/c1-12(18-21-15-5-3-4-6-16(15)24-18)22(2)11-17(23)20-14-9-7-13(19)8-10-14/h3-10,12H,11H2,1-2H3,(H,20,23). The van der Waals surface area contributed by atoms with Crippen molar-refractivity contribution in [1.82, 2.24) is 9.88 Å². The lowest BCUT2D eigenvalue weighted by atomic mass is 10.3. The van der Waals surface area contributed by atoms with Crippen LogP contribution in [0.5, 0.6) is 0 Å². The van der Waals surface area contributed by atoms with Crippen molar-refractivity contribution in [3.63, 3.8) is 0 Å². The zero-order valence-corrected chi connectivity index (χ0v) is 15.9. The molecule has 0 saturated carbocycles. The second-order valence-electron chi connectivity index (χ2n) is 5.67. The third-order valence-corrected chi connectivity index (χ3v) is 5.59. The number of benzene rings is 2. The van der Waals surface area contributed by atoms with E-state index in [1.807, 2.05) is 54.4 Å². The number of carbonyl (C=O) groups is 1. The van der Waals surface area contributed by atoms with Gasteiger partial charge in [0.2, 0.25) is 5.91 Å². The number of para-hydroxylation sites is 1. The van der Waals surface area contributed by atoms with Crippen LogP contribution in [-0.2, 0) is 4.79 Å². The van der Waals surface area contributed by atoms with Gasteiger partial charge in [-0.25, -0.2) is 4.98 Å². The van der Waals surface area contributed by atoms with Gasteiger partial charge in [-0.1, -0.05) is 28.1 Å². The third-order valence-electron chi connectivity index (χ3n) is 3.85. The van der Waals surface area contributed by atoms with Crippen LogP contribution in [0.2, 0.25) is 0 Å². The molecule has 1 aromatic heterocycles. The lowest BCUT2D eigenvalue weighted by Crippen LogP contribution is -2.32. The van der Waals surface area contributed by atoms with Crippen LogP contribution in [0.4, 0.5) is 5.69 Å². The number of nitrogens with one attached hydrogen (secondary N) is 1. The molecule has 0 aliphatic heterocycles. The van der Waals surface area contributed by atoms with Crippen LogP contribution in [0.15, 0.2) is 53.0 Å². The van der Waals surface area contributed by atoms with E-state index in [2.05, 4.69) is 39.2 Å². The molecule has 1 unspecified atom stereocenters. The van der Waals surface area contributed by atoms with E-state index in [0.29, 0.717) is 6.54 Å². The molecular weight excluding hydrogens is 386 g/mol. The summed E-state index contributed by atoms with van der Waals surface area (Å²) >= 11 is 5.06. The molecule has 1 atom stereocenters. The predicted molar refractivity (Wildman–Crippen MR) is 103 cm³/mol. The number of likely N-dealkylation sites (N-methyl/N-ethyl adjacent to an activating group) is 1. The van der Waals surface area contributed by atoms with Gasteiger partial charge >= 0.3 is 0 Å². The van der Waals surface area contributed by atoms with Gasteiger partial charge in [0.15, 0.2) is 0 Å². The lowest BCUT2D eigenvalue weighted by molar-refractivity contribution is -0.117. The smallest absolute Gasteiger partial charge is 0.238 e. The van der Waals surface area contributed by atoms with Gasteiger partial charge < -0.3 is 5.32 Å². The van der Waals surface area contributed by atoms with Crippen molar-refractivity contribution in [3.8, 4) is 0 Å². The number of hydrogen-bond acceptors (Lipinski definition) is 4. The maximum absolute atomic E-state index is 12.2. The highest BCUT2D eigenvalue weighted by molar-refractivity contribution is 9.10. The molecule has 0 aliphatic rings. The number of rotatable bonds is 5. The van der Waals surface area contributed by atoms with Crippen molar-refractivity contribution in [2.45, 2.75) is 13.0 Å². The Kier molecular flexibility index (Phi) is 5.28. The molecule has 6 heteroatoms. The molecule has 24 heavy (non-hydrogen) atoms. The van der Waals surface area contributed by atoms with Crippen molar-refractivity contribution in [2.75, 3.05) is 18.9 Å². The summed E-state index contributed by atoms with van der Waals surface area (Å²) in [6.45, 7) is 2.39. The minimum absolute atomic E-state index is 0.0345. The Balaban J connectivity index is 1.63. The van der Waals surface area contributed by atoms with Gasteiger partial charge in [0.25, 0.3) is 0 Å². The zero-order valence-electron chi connectivity index (χ0n) is 13.5. The largest absolute Gasteiger partial charge is 0.325 e. The summed E-state index contributed by atoms with van der Waals surface area (Å²) < 4.78 is 2.16. The molecule has 1 N–H and O–H groups in total. The Bertz CT molecular complexity index is 814. The fourth-order valence-electron chi connectivity index (χ4n) is 2.35. The molecule has 0 saturated heterocycles. The maximum Gasteiger partial charge on any atom is 0.238 e. The third kappa shape index (κ3) is 4.01. The average Bonchev–Trinajstić information content (AvgIpc) is 3.00. The molecule has 3 rings (SSSR count). The molecular formula is C18H18BrN3OS. The Morgan fingerprint density at radius 3 is 2.67 bits per heavy atom. The van der Waals surface area contributed by atoms with E-state index in [0.717, 1.165) is 20.7 Å². The van der Waals surface area contributed by atoms with Crippen LogP contribution in [0.25, 0.3) is 10.2 Å². The number of carbonyl (C=O) groups excluding carboxylic acids is 1. The van der Waals surface area contributed by atoms with Gasteiger partial charge in [0.05, 0.1) is 22.8 Å². The molecule has 0 bridgehead atoms. The van der Waals surface area contributed by atoms with Crippen LogP contribution >= 0.6 is 27.3 Å². The second-order valence-corrected chi connectivity index (χ2v) is 7.64. The van der Waals surface area contributed by atoms with Crippen LogP contribution < -0.4 is 5.32 Å².